The molecule has 2 N–H and O–H groups in total. The maximum absolute atomic E-state index is 12.4. The summed E-state index contributed by atoms with van der Waals surface area (Å²) in [5.74, 6) is 0.564. The fourth-order valence-corrected chi connectivity index (χ4v) is 3.37. The Morgan fingerprint density at radius 1 is 0.971 bits per heavy atom. The third-order valence-electron chi connectivity index (χ3n) is 4.75. The molecule has 0 spiro atoms. The van der Waals surface area contributed by atoms with E-state index in [1.807, 2.05) is 31.2 Å². The van der Waals surface area contributed by atoms with Crippen LogP contribution in [0.3, 0.4) is 0 Å². The molecule has 0 radical (unpaired) electrons. The van der Waals surface area contributed by atoms with Gasteiger partial charge in [-0.25, -0.2) is 5.43 Å². The number of nitrogens with zero attached hydrogens (tertiary/aromatic N) is 1. The average molecular weight is 526 g/mol. The van der Waals surface area contributed by atoms with Gasteiger partial charge in [0.25, 0.3) is 11.8 Å². The summed E-state index contributed by atoms with van der Waals surface area (Å²) in [4.78, 5) is 24.7. The zero-order chi connectivity index (χ0) is 24.5. The van der Waals surface area contributed by atoms with Crippen LogP contribution in [0.5, 0.6) is 17.2 Å². The van der Waals surface area contributed by atoms with Crippen molar-refractivity contribution >= 4 is 39.6 Å². The van der Waals surface area contributed by atoms with E-state index in [-0.39, 0.29) is 12.5 Å². The van der Waals surface area contributed by atoms with E-state index >= 15 is 0 Å². The Hall–Kier alpha value is -3.85. The first-order chi connectivity index (χ1) is 16.4. The van der Waals surface area contributed by atoms with E-state index in [0.717, 1.165) is 15.7 Å². The summed E-state index contributed by atoms with van der Waals surface area (Å²) in [6, 6.07) is 17.7. The van der Waals surface area contributed by atoms with Crippen LogP contribution in [0.1, 0.15) is 21.5 Å². The maximum atomic E-state index is 12.4. The lowest BCUT2D eigenvalue weighted by Gasteiger charge is -2.12. The quantitative estimate of drug-likeness (QED) is 0.315. The van der Waals surface area contributed by atoms with E-state index < -0.39 is 5.91 Å². The summed E-state index contributed by atoms with van der Waals surface area (Å²) in [6.07, 6.45) is 1.47. The highest BCUT2D eigenvalue weighted by Gasteiger charge is 2.12. The van der Waals surface area contributed by atoms with Crippen molar-refractivity contribution < 1.29 is 23.8 Å². The fourth-order valence-electron chi connectivity index (χ4n) is 3.01. The predicted octanol–water partition coefficient (Wildman–Crippen LogP) is 4.56. The van der Waals surface area contributed by atoms with Gasteiger partial charge in [0.05, 0.1) is 26.0 Å². The summed E-state index contributed by atoms with van der Waals surface area (Å²) in [6.45, 7) is 1.74. The molecule has 3 aromatic carbocycles. The van der Waals surface area contributed by atoms with Crippen molar-refractivity contribution in [2.24, 2.45) is 5.10 Å². The van der Waals surface area contributed by atoms with Crippen LogP contribution in [0.15, 0.2) is 70.2 Å². The van der Waals surface area contributed by atoms with Crippen LogP contribution in [0.4, 0.5) is 5.69 Å². The van der Waals surface area contributed by atoms with Crippen molar-refractivity contribution in [1.29, 1.82) is 0 Å². The van der Waals surface area contributed by atoms with E-state index in [4.69, 9.17) is 14.2 Å². The van der Waals surface area contributed by atoms with Crippen LogP contribution in [0.2, 0.25) is 0 Å². The molecule has 0 heterocycles. The topological polar surface area (TPSA) is 98.2 Å². The molecule has 3 rings (SSSR count). The SMILES string of the molecule is COc1cc(/C=N\NC(=O)c2cc(Br)ccc2OC)ccc1OCC(=O)Nc1ccccc1C. The number of halogens is 1. The monoisotopic (exact) mass is 525 g/mol. The number of anilines is 1. The second-order valence-electron chi connectivity index (χ2n) is 7.11. The molecule has 176 valence electrons. The number of ether oxygens (including phenoxy) is 3. The minimum atomic E-state index is -0.416. The van der Waals surface area contributed by atoms with E-state index in [1.165, 1.54) is 20.4 Å². The highest BCUT2D eigenvalue weighted by atomic mass is 79.9. The zero-order valence-corrected chi connectivity index (χ0v) is 20.5. The molecule has 0 bridgehead atoms. The van der Waals surface area contributed by atoms with Crippen LogP contribution in [-0.2, 0) is 4.79 Å². The number of hydrogen-bond acceptors (Lipinski definition) is 6. The molecule has 0 aliphatic rings. The minimum Gasteiger partial charge on any atom is -0.496 e. The number of aryl methyl sites for hydroxylation is 1. The molecular formula is C25H24BrN3O5. The molecule has 0 saturated heterocycles. The lowest BCUT2D eigenvalue weighted by molar-refractivity contribution is -0.118. The number of methoxy groups -OCH3 is 2. The standard InChI is InChI=1S/C25H24BrN3O5/c1-16-6-4-5-7-20(16)28-24(30)15-34-22-10-8-17(12-23(22)33-3)14-27-29-25(31)19-13-18(26)9-11-21(19)32-2/h4-14H,15H2,1-3H3,(H,28,30)(H,29,31)/b27-14-. The Morgan fingerprint density at radius 2 is 1.71 bits per heavy atom. The summed E-state index contributed by atoms with van der Waals surface area (Å²) in [5, 5.41) is 6.82. The summed E-state index contributed by atoms with van der Waals surface area (Å²) in [5.41, 5.74) is 5.18. The second-order valence-corrected chi connectivity index (χ2v) is 8.02. The molecule has 34 heavy (non-hydrogen) atoms. The van der Waals surface area contributed by atoms with E-state index in [2.05, 4.69) is 31.8 Å². The second kappa shape index (κ2) is 11.9. The molecule has 3 aromatic rings. The number of amides is 2. The van der Waals surface area contributed by atoms with Crippen molar-refractivity contribution in [3.05, 3.63) is 81.8 Å². The van der Waals surface area contributed by atoms with Crippen molar-refractivity contribution in [2.45, 2.75) is 6.92 Å². The number of hydrazone groups is 1. The zero-order valence-electron chi connectivity index (χ0n) is 18.9. The Kier molecular flexibility index (Phi) is 8.64. The summed E-state index contributed by atoms with van der Waals surface area (Å²) >= 11 is 3.34. The molecule has 0 saturated carbocycles. The van der Waals surface area contributed by atoms with Gasteiger partial charge in [0.2, 0.25) is 0 Å². The fraction of sp³-hybridized carbons (Fsp3) is 0.160. The maximum Gasteiger partial charge on any atom is 0.275 e. The first kappa shape index (κ1) is 24.8. The molecule has 8 nitrogen and oxygen atoms in total. The number of carbonyl (C=O) groups excluding carboxylic acids is 2. The van der Waals surface area contributed by atoms with Gasteiger partial charge in [0.15, 0.2) is 18.1 Å². The van der Waals surface area contributed by atoms with Gasteiger partial charge in [-0.2, -0.15) is 5.10 Å². The first-order valence-corrected chi connectivity index (χ1v) is 11.0. The Bertz CT molecular complexity index is 1210. The van der Waals surface area contributed by atoms with Crippen LogP contribution >= 0.6 is 15.9 Å². The molecule has 0 aliphatic heterocycles. The van der Waals surface area contributed by atoms with Crippen LogP contribution in [0, 0.1) is 6.92 Å². The van der Waals surface area contributed by atoms with Crippen LogP contribution in [-0.4, -0.2) is 38.9 Å². The largest absolute Gasteiger partial charge is 0.496 e. The molecule has 9 heteroatoms. The smallest absolute Gasteiger partial charge is 0.275 e. The molecule has 0 fully saturated rings. The van der Waals surface area contributed by atoms with Crippen LogP contribution in [0.25, 0.3) is 0 Å². The van der Waals surface area contributed by atoms with Crippen molar-refractivity contribution in [1.82, 2.24) is 5.43 Å². The lowest BCUT2D eigenvalue weighted by Crippen LogP contribution is -2.20. The number of nitrogens with one attached hydrogen (secondary N) is 2. The molecule has 2 amide bonds. The third-order valence-corrected chi connectivity index (χ3v) is 5.24. The minimum absolute atomic E-state index is 0.178. The third kappa shape index (κ3) is 6.58. The number of rotatable bonds is 9. The Balaban J connectivity index is 1.60. The Morgan fingerprint density at radius 3 is 2.44 bits per heavy atom. The summed E-state index contributed by atoms with van der Waals surface area (Å²) < 4.78 is 17.0. The van der Waals surface area contributed by atoms with Crippen LogP contribution < -0.4 is 25.0 Å². The number of benzene rings is 3. The van der Waals surface area contributed by atoms with Gasteiger partial charge >= 0.3 is 0 Å². The molecular weight excluding hydrogens is 502 g/mol. The molecule has 0 unspecified atom stereocenters. The van der Waals surface area contributed by atoms with Gasteiger partial charge in [-0.15, -0.1) is 0 Å². The van der Waals surface area contributed by atoms with Gasteiger partial charge in [0, 0.05) is 10.2 Å². The highest BCUT2D eigenvalue weighted by molar-refractivity contribution is 9.10. The van der Waals surface area contributed by atoms with Gasteiger partial charge in [-0.1, -0.05) is 34.1 Å². The normalized spacial score (nSPS) is 10.6. The van der Waals surface area contributed by atoms with Gasteiger partial charge in [0.1, 0.15) is 5.75 Å². The number of carbonyl (C=O) groups is 2. The number of hydrogen-bond donors (Lipinski definition) is 2. The molecule has 0 aliphatic carbocycles. The molecule has 0 atom stereocenters. The predicted molar refractivity (Wildman–Crippen MR) is 134 cm³/mol. The van der Waals surface area contributed by atoms with Crippen molar-refractivity contribution in [2.75, 3.05) is 26.1 Å². The van der Waals surface area contributed by atoms with E-state index in [1.54, 1.807) is 36.4 Å². The van der Waals surface area contributed by atoms with Gasteiger partial charge in [-0.3, -0.25) is 9.59 Å². The van der Waals surface area contributed by atoms with E-state index in [9.17, 15) is 9.59 Å². The van der Waals surface area contributed by atoms with Crippen molar-refractivity contribution in [3.63, 3.8) is 0 Å². The number of para-hydroxylation sites is 1. The van der Waals surface area contributed by atoms with Gasteiger partial charge < -0.3 is 19.5 Å². The average Bonchev–Trinajstić information content (AvgIpc) is 2.84. The molecule has 0 aromatic heterocycles. The summed E-state index contributed by atoms with van der Waals surface area (Å²) in [7, 11) is 2.99. The van der Waals surface area contributed by atoms with Gasteiger partial charge in [-0.05, 0) is 60.5 Å². The van der Waals surface area contributed by atoms with E-state index in [0.29, 0.717) is 28.4 Å². The first-order valence-electron chi connectivity index (χ1n) is 10.2. The van der Waals surface area contributed by atoms with Crippen molar-refractivity contribution in [3.8, 4) is 17.2 Å². The lowest BCUT2D eigenvalue weighted by atomic mass is 10.2. The highest BCUT2D eigenvalue weighted by Crippen LogP contribution is 2.28. The Labute approximate surface area is 206 Å².